The number of thiazole rings is 1. The Balaban J connectivity index is 1.22. The molecule has 8 heteroatoms. The number of hydrogen-bond acceptors (Lipinski definition) is 7. The summed E-state index contributed by atoms with van der Waals surface area (Å²) in [6, 6.07) is 11.6. The van der Waals surface area contributed by atoms with E-state index < -0.39 is 0 Å². The molecule has 28 heavy (non-hydrogen) atoms. The summed E-state index contributed by atoms with van der Waals surface area (Å²) < 4.78 is 11.6. The number of carbonyl (C=O) groups is 1. The van der Waals surface area contributed by atoms with Gasteiger partial charge >= 0.3 is 0 Å². The summed E-state index contributed by atoms with van der Waals surface area (Å²) in [5, 5.41) is 0.573. The summed E-state index contributed by atoms with van der Waals surface area (Å²) in [5.41, 5.74) is 0.837. The van der Waals surface area contributed by atoms with Crippen LogP contribution < -0.4 is 9.47 Å². The van der Waals surface area contributed by atoms with Crippen LogP contribution in [-0.4, -0.2) is 65.0 Å². The van der Waals surface area contributed by atoms with Crippen molar-refractivity contribution in [1.29, 1.82) is 0 Å². The Morgan fingerprint density at radius 3 is 2.79 bits per heavy atom. The maximum absolute atomic E-state index is 11.3. The first-order valence-corrected chi connectivity index (χ1v) is 9.98. The van der Waals surface area contributed by atoms with E-state index in [1.165, 1.54) is 11.3 Å². The molecule has 146 valence electrons. The lowest BCUT2D eigenvalue weighted by Gasteiger charge is -2.16. The van der Waals surface area contributed by atoms with Gasteiger partial charge in [-0.1, -0.05) is 11.3 Å². The third-order valence-corrected chi connectivity index (χ3v) is 5.42. The van der Waals surface area contributed by atoms with Crippen LogP contribution in [0.25, 0.3) is 10.3 Å². The number of likely N-dealkylation sites (N-methyl/N-ethyl adjacent to an activating group) is 1. The molecule has 0 saturated carbocycles. The number of aromatic nitrogens is 2. The minimum atomic E-state index is 0.152. The average molecular weight is 398 g/mol. The lowest BCUT2D eigenvalue weighted by atomic mass is 10.3. The largest absolute Gasteiger partial charge is 0.492 e. The van der Waals surface area contributed by atoms with Crippen LogP contribution in [0.2, 0.25) is 0 Å². The molecule has 0 aliphatic carbocycles. The van der Waals surface area contributed by atoms with Gasteiger partial charge in [-0.25, -0.2) is 9.97 Å². The van der Waals surface area contributed by atoms with Crippen LogP contribution in [0.3, 0.4) is 0 Å². The number of hydrogen-bond donors (Lipinski definition) is 0. The van der Waals surface area contributed by atoms with Gasteiger partial charge in [-0.3, -0.25) is 4.79 Å². The normalized spacial score (nSPS) is 15.8. The Morgan fingerprint density at radius 2 is 2.07 bits per heavy atom. The highest BCUT2D eigenvalue weighted by molar-refractivity contribution is 7.19. The molecule has 0 unspecified atom stereocenters. The highest BCUT2D eigenvalue weighted by atomic mass is 32.1. The van der Waals surface area contributed by atoms with E-state index in [1.807, 2.05) is 48.3 Å². The number of pyridine rings is 1. The predicted molar refractivity (Wildman–Crippen MR) is 108 cm³/mol. The smallest absolute Gasteiger partial charge is 0.281 e. The van der Waals surface area contributed by atoms with Gasteiger partial charge in [0.2, 0.25) is 5.91 Å². The molecule has 0 bridgehead atoms. The number of nitrogens with zero attached hydrogens (tertiary/aromatic N) is 4. The Bertz CT molecular complexity index is 926. The average Bonchev–Trinajstić information content (AvgIpc) is 3.32. The van der Waals surface area contributed by atoms with Gasteiger partial charge in [0.1, 0.15) is 28.5 Å². The van der Waals surface area contributed by atoms with Crippen molar-refractivity contribution in [2.75, 3.05) is 33.3 Å². The van der Waals surface area contributed by atoms with Crippen LogP contribution in [0.4, 0.5) is 0 Å². The monoisotopic (exact) mass is 398 g/mol. The first-order chi connectivity index (χ1) is 13.6. The summed E-state index contributed by atoms with van der Waals surface area (Å²) in [4.78, 5) is 24.9. The molecule has 1 saturated heterocycles. The molecule has 0 N–H and O–H groups in total. The maximum Gasteiger partial charge on any atom is 0.281 e. The zero-order valence-electron chi connectivity index (χ0n) is 15.9. The SMILES string of the molecule is CC(=O)N1C[C@H]1CN(C)CCOc1ccc(Oc2nc3cccnc3s2)cc1. The number of ether oxygens (including phenoxy) is 2. The maximum atomic E-state index is 11.3. The molecule has 3 heterocycles. The van der Waals surface area contributed by atoms with E-state index >= 15 is 0 Å². The van der Waals surface area contributed by atoms with Gasteiger partial charge in [0.05, 0.1) is 6.04 Å². The molecular formula is C20H22N4O3S. The summed E-state index contributed by atoms with van der Waals surface area (Å²) >= 11 is 1.42. The van der Waals surface area contributed by atoms with Crippen molar-refractivity contribution in [3.63, 3.8) is 0 Å². The van der Waals surface area contributed by atoms with E-state index in [0.717, 1.165) is 35.7 Å². The minimum Gasteiger partial charge on any atom is -0.492 e. The summed E-state index contributed by atoms with van der Waals surface area (Å²) in [5.74, 6) is 1.66. The quantitative estimate of drug-likeness (QED) is 0.544. The van der Waals surface area contributed by atoms with Gasteiger partial charge in [0, 0.05) is 32.8 Å². The first-order valence-electron chi connectivity index (χ1n) is 9.16. The van der Waals surface area contributed by atoms with Crippen LogP contribution in [0.5, 0.6) is 16.7 Å². The van der Waals surface area contributed by atoms with Crippen LogP contribution in [0.1, 0.15) is 6.92 Å². The Labute approximate surface area is 167 Å². The fourth-order valence-electron chi connectivity index (χ4n) is 2.99. The Morgan fingerprint density at radius 1 is 1.29 bits per heavy atom. The number of benzene rings is 1. The number of amides is 1. The van der Waals surface area contributed by atoms with Crippen molar-refractivity contribution >= 4 is 27.6 Å². The highest BCUT2D eigenvalue weighted by Gasteiger charge is 2.36. The lowest BCUT2D eigenvalue weighted by Crippen LogP contribution is -2.29. The van der Waals surface area contributed by atoms with Crippen molar-refractivity contribution in [1.82, 2.24) is 19.8 Å². The number of rotatable bonds is 8. The molecule has 0 spiro atoms. The van der Waals surface area contributed by atoms with E-state index in [9.17, 15) is 4.79 Å². The topological polar surface area (TPSA) is 67.6 Å². The number of fused-ring (bicyclic) bond motifs is 1. The number of carbonyl (C=O) groups excluding carboxylic acids is 1. The van der Waals surface area contributed by atoms with E-state index in [1.54, 1.807) is 13.1 Å². The molecule has 2 aromatic heterocycles. The molecule has 1 aliphatic rings. The standard InChI is InChI=1S/C20H22N4O3S/c1-14(25)24-13-15(24)12-23(2)10-11-26-16-5-7-17(8-6-16)27-20-22-18-4-3-9-21-19(18)28-20/h3-9,15H,10-13H2,1-2H3/t15-,24?/m1/s1. The molecule has 1 atom stereocenters. The highest BCUT2D eigenvalue weighted by Crippen LogP contribution is 2.30. The van der Waals surface area contributed by atoms with Gasteiger partial charge in [-0.15, -0.1) is 0 Å². The molecule has 1 aliphatic heterocycles. The molecular weight excluding hydrogens is 376 g/mol. The van der Waals surface area contributed by atoms with Crippen molar-refractivity contribution in [3.8, 4) is 16.7 Å². The van der Waals surface area contributed by atoms with Gasteiger partial charge < -0.3 is 19.3 Å². The van der Waals surface area contributed by atoms with Crippen LogP contribution >= 0.6 is 11.3 Å². The fraction of sp³-hybridized carbons (Fsp3) is 0.350. The van der Waals surface area contributed by atoms with E-state index in [0.29, 0.717) is 23.6 Å². The third kappa shape index (κ3) is 4.58. The molecule has 1 aromatic carbocycles. The van der Waals surface area contributed by atoms with Crippen molar-refractivity contribution < 1.29 is 14.3 Å². The zero-order valence-corrected chi connectivity index (χ0v) is 16.7. The van der Waals surface area contributed by atoms with E-state index in [4.69, 9.17) is 9.47 Å². The second-order valence-corrected chi connectivity index (χ2v) is 7.76. The molecule has 4 rings (SSSR count). The van der Waals surface area contributed by atoms with Crippen molar-refractivity contribution in [2.24, 2.45) is 0 Å². The lowest BCUT2D eigenvalue weighted by molar-refractivity contribution is -0.124. The summed E-state index contributed by atoms with van der Waals surface area (Å²) in [6.07, 6.45) is 1.75. The molecule has 1 amide bonds. The predicted octanol–water partition coefficient (Wildman–Crippen LogP) is 3.02. The second kappa shape index (κ2) is 8.12. The van der Waals surface area contributed by atoms with Gasteiger partial charge in [0.25, 0.3) is 5.19 Å². The van der Waals surface area contributed by atoms with Gasteiger partial charge in [0.15, 0.2) is 0 Å². The fourth-order valence-corrected chi connectivity index (χ4v) is 3.77. The molecule has 3 aromatic rings. The van der Waals surface area contributed by atoms with E-state index in [2.05, 4.69) is 14.9 Å². The van der Waals surface area contributed by atoms with Gasteiger partial charge in [-0.05, 0) is 43.4 Å². The molecule has 1 fully saturated rings. The van der Waals surface area contributed by atoms with Crippen molar-refractivity contribution in [3.05, 3.63) is 42.6 Å². The third-order valence-electron chi connectivity index (χ3n) is 4.56. The van der Waals surface area contributed by atoms with Crippen LogP contribution in [0.15, 0.2) is 42.6 Å². The van der Waals surface area contributed by atoms with E-state index in [-0.39, 0.29) is 5.91 Å². The van der Waals surface area contributed by atoms with Crippen molar-refractivity contribution in [2.45, 2.75) is 13.0 Å². The van der Waals surface area contributed by atoms with Gasteiger partial charge in [-0.2, -0.15) is 0 Å². The summed E-state index contributed by atoms with van der Waals surface area (Å²) in [6.45, 7) is 4.76. The van der Waals surface area contributed by atoms with Crippen LogP contribution in [-0.2, 0) is 4.79 Å². The zero-order chi connectivity index (χ0) is 19.5. The Kier molecular flexibility index (Phi) is 5.40. The Hall–Kier alpha value is -2.71. The molecule has 0 radical (unpaired) electrons. The summed E-state index contributed by atoms with van der Waals surface area (Å²) in [7, 11) is 2.05. The second-order valence-electron chi connectivity index (χ2n) is 6.82. The van der Waals surface area contributed by atoms with Crippen LogP contribution in [0, 0.1) is 0 Å². The molecule has 7 nitrogen and oxygen atoms in total. The minimum absolute atomic E-state index is 0.152. The first kappa shape index (κ1) is 18.6.